The van der Waals surface area contributed by atoms with E-state index in [1.807, 2.05) is 0 Å². The van der Waals surface area contributed by atoms with E-state index in [9.17, 15) is 9.59 Å². The number of nitrogens with one attached hydrogen (secondary N) is 2. The fourth-order valence-corrected chi connectivity index (χ4v) is 1.77. The topological polar surface area (TPSA) is 114 Å². The molecule has 0 spiro atoms. The highest BCUT2D eigenvalue weighted by molar-refractivity contribution is 5.92. The third kappa shape index (κ3) is 3.06. The molecule has 0 radical (unpaired) electrons. The van der Waals surface area contributed by atoms with Crippen LogP contribution in [0, 0.1) is 0 Å². The number of H-pyrrole nitrogens is 1. The van der Waals surface area contributed by atoms with Crippen LogP contribution in [0.4, 0.5) is 0 Å². The van der Waals surface area contributed by atoms with Crippen LogP contribution in [0.3, 0.4) is 0 Å². The van der Waals surface area contributed by atoms with E-state index in [4.69, 9.17) is 4.52 Å². The van der Waals surface area contributed by atoms with Crippen molar-refractivity contribution in [1.82, 2.24) is 25.4 Å². The van der Waals surface area contributed by atoms with E-state index in [1.165, 1.54) is 18.5 Å². The van der Waals surface area contributed by atoms with Crippen LogP contribution < -0.4 is 10.9 Å². The summed E-state index contributed by atoms with van der Waals surface area (Å²) in [5.74, 6) is 0.184. The summed E-state index contributed by atoms with van der Waals surface area (Å²) >= 11 is 0. The first-order valence-electron chi connectivity index (χ1n) is 6.43. The van der Waals surface area contributed by atoms with Crippen molar-refractivity contribution >= 4 is 5.91 Å². The van der Waals surface area contributed by atoms with E-state index in [0.29, 0.717) is 11.3 Å². The van der Waals surface area contributed by atoms with Gasteiger partial charge >= 0.3 is 0 Å². The van der Waals surface area contributed by atoms with Crippen molar-refractivity contribution in [2.24, 2.45) is 0 Å². The second-order valence-electron chi connectivity index (χ2n) is 4.35. The number of amides is 1. The monoisotopic (exact) mass is 297 g/mol. The van der Waals surface area contributed by atoms with Gasteiger partial charge in [-0.3, -0.25) is 14.6 Å². The minimum absolute atomic E-state index is 0.0750. The SMILES string of the molecule is O=C(NCc1nc(-c2cc[nH]c(=O)c2)no1)c1ccccn1. The zero-order chi connectivity index (χ0) is 15.4. The van der Waals surface area contributed by atoms with Gasteiger partial charge in [0.2, 0.25) is 17.3 Å². The molecule has 0 aromatic carbocycles. The van der Waals surface area contributed by atoms with Crippen molar-refractivity contribution in [2.75, 3.05) is 0 Å². The number of hydrogen-bond acceptors (Lipinski definition) is 6. The standard InChI is InChI=1S/C14H11N5O3/c20-11-7-9(4-6-16-11)13-18-12(22-19-13)8-17-14(21)10-3-1-2-5-15-10/h1-7H,8H2,(H,16,20)(H,17,21). The Bertz CT molecular complexity index is 841. The normalized spacial score (nSPS) is 10.4. The number of nitrogens with zero attached hydrogens (tertiary/aromatic N) is 3. The van der Waals surface area contributed by atoms with Crippen LogP contribution in [0.5, 0.6) is 0 Å². The number of hydrogen-bond donors (Lipinski definition) is 2. The first kappa shape index (κ1) is 13.7. The molecule has 0 aliphatic rings. The van der Waals surface area contributed by atoms with E-state index >= 15 is 0 Å². The lowest BCUT2D eigenvalue weighted by atomic mass is 10.2. The highest BCUT2D eigenvalue weighted by Gasteiger charge is 2.11. The van der Waals surface area contributed by atoms with Crippen LogP contribution in [-0.2, 0) is 6.54 Å². The second kappa shape index (κ2) is 6.00. The van der Waals surface area contributed by atoms with Crippen LogP contribution in [-0.4, -0.2) is 26.0 Å². The fraction of sp³-hybridized carbons (Fsp3) is 0.0714. The van der Waals surface area contributed by atoms with Gasteiger partial charge in [0.25, 0.3) is 5.91 Å². The Kier molecular flexibility index (Phi) is 3.73. The van der Waals surface area contributed by atoms with Gasteiger partial charge in [0.15, 0.2) is 0 Å². The zero-order valence-corrected chi connectivity index (χ0v) is 11.3. The van der Waals surface area contributed by atoms with Gasteiger partial charge in [-0.05, 0) is 18.2 Å². The molecule has 0 aliphatic heterocycles. The van der Waals surface area contributed by atoms with E-state index in [-0.39, 0.29) is 29.7 Å². The first-order chi connectivity index (χ1) is 10.7. The summed E-state index contributed by atoms with van der Waals surface area (Å²) in [5, 5.41) is 6.40. The van der Waals surface area contributed by atoms with Crippen LogP contribution >= 0.6 is 0 Å². The van der Waals surface area contributed by atoms with Crippen molar-refractivity contribution in [3.63, 3.8) is 0 Å². The average Bonchev–Trinajstić information content (AvgIpc) is 3.02. The molecule has 0 saturated carbocycles. The Morgan fingerprint density at radius 1 is 1.32 bits per heavy atom. The van der Waals surface area contributed by atoms with Crippen molar-refractivity contribution in [3.8, 4) is 11.4 Å². The smallest absolute Gasteiger partial charge is 0.270 e. The number of rotatable bonds is 4. The minimum Gasteiger partial charge on any atom is -0.342 e. The molecule has 0 unspecified atom stereocenters. The predicted molar refractivity (Wildman–Crippen MR) is 75.8 cm³/mol. The van der Waals surface area contributed by atoms with Gasteiger partial charge in [-0.25, -0.2) is 0 Å². The number of aromatic amines is 1. The zero-order valence-electron chi connectivity index (χ0n) is 11.3. The van der Waals surface area contributed by atoms with Crippen LogP contribution in [0.2, 0.25) is 0 Å². The Morgan fingerprint density at radius 2 is 2.23 bits per heavy atom. The molecule has 0 bridgehead atoms. The summed E-state index contributed by atoms with van der Waals surface area (Å²) in [6.45, 7) is 0.0750. The van der Waals surface area contributed by atoms with Gasteiger partial charge in [0.1, 0.15) is 5.69 Å². The van der Waals surface area contributed by atoms with Gasteiger partial charge in [0, 0.05) is 24.0 Å². The summed E-state index contributed by atoms with van der Waals surface area (Å²) in [4.78, 5) is 33.6. The van der Waals surface area contributed by atoms with Gasteiger partial charge in [-0.1, -0.05) is 11.2 Å². The molecule has 0 saturated heterocycles. The highest BCUT2D eigenvalue weighted by atomic mass is 16.5. The number of carbonyl (C=O) groups excluding carboxylic acids is 1. The average molecular weight is 297 g/mol. The van der Waals surface area contributed by atoms with E-state index < -0.39 is 0 Å². The summed E-state index contributed by atoms with van der Waals surface area (Å²) in [6.07, 6.45) is 3.03. The molecule has 3 aromatic heterocycles. The largest absolute Gasteiger partial charge is 0.342 e. The van der Waals surface area contributed by atoms with Gasteiger partial charge in [-0.15, -0.1) is 0 Å². The Morgan fingerprint density at radius 3 is 3.00 bits per heavy atom. The number of pyridine rings is 2. The molecule has 0 aliphatic carbocycles. The van der Waals surface area contributed by atoms with Crippen LogP contribution in [0.25, 0.3) is 11.4 Å². The first-order valence-corrected chi connectivity index (χ1v) is 6.43. The summed E-state index contributed by atoms with van der Waals surface area (Å²) in [6, 6.07) is 8.07. The van der Waals surface area contributed by atoms with Gasteiger partial charge in [-0.2, -0.15) is 4.98 Å². The second-order valence-corrected chi connectivity index (χ2v) is 4.35. The quantitative estimate of drug-likeness (QED) is 0.734. The molecule has 1 amide bonds. The summed E-state index contributed by atoms with van der Waals surface area (Å²) in [5.41, 5.74) is 0.582. The van der Waals surface area contributed by atoms with Crippen molar-refractivity contribution < 1.29 is 9.32 Å². The highest BCUT2D eigenvalue weighted by Crippen LogP contribution is 2.12. The summed E-state index contributed by atoms with van der Waals surface area (Å²) in [7, 11) is 0. The molecule has 8 heteroatoms. The van der Waals surface area contributed by atoms with Crippen molar-refractivity contribution in [2.45, 2.75) is 6.54 Å². The lowest BCUT2D eigenvalue weighted by Gasteiger charge is -2.00. The number of carbonyl (C=O) groups is 1. The van der Waals surface area contributed by atoms with E-state index in [0.717, 1.165) is 0 Å². The molecule has 0 atom stereocenters. The predicted octanol–water partition coefficient (Wildman–Crippen LogP) is 0.750. The maximum Gasteiger partial charge on any atom is 0.270 e. The van der Waals surface area contributed by atoms with Crippen LogP contribution in [0.15, 0.2) is 52.0 Å². The van der Waals surface area contributed by atoms with E-state index in [2.05, 4.69) is 25.4 Å². The van der Waals surface area contributed by atoms with Crippen molar-refractivity contribution in [1.29, 1.82) is 0 Å². The minimum atomic E-state index is -0.337. The Labute approximate surface area is 124 Å². The lowest BCUT2D eigenvalue weighted by Crippen LogP contribution is -2.23. The molecule has 3 heterocycles. The number of aromatic nitrogens is 4. The molecular weight excluding hydrogens is 286 g/mol. The molecule has 8 nitrogen and oxygen atoms in total. The molecule has 3 aromatic rings. The van der Waals surface area contributed by atoms with Gasteiger partial charge < -0.3 is 14.8 Å². The Balaban J connectivity index is 1.68. The molecule has 0 fully saturated rings. The molecular formula is C14H11N5O3. The van der Waals surface area contributed by atoms with E-state index in [1.54, 1.807) is 24.3 Å². The molecule has 22 heavy (non-hydrogen) atoms. The van der Waals surface area contributed by atoms with Crippen LogP contribution in [0.1, 0.15) is 16.4 Å². The third-order valence-corrected chi connectivity index (χ3v) is 2.80. The van der Waals surface area contributed by atoms with Crippen molar-refractivity contribution in [3.05, 3.63) is 64.7 Å². The molecule has 2 N–H and O–H groups in total. The Hall–Kier alpha value is -3.29. The fourth-order valence-electron chi connectivity index (χ4n) is 1.77. The molecule has 110 valence electrons. The summed E-state index contributed by atoms with van der Waals surface area (Å²) < 4.78 is 5.04. The van der Waals surface area contributed by atoms with Gasteiger partial charge in [0.05, 0.1) is 6.54 Å². The lowest BCUT2D eigenvalue weighted by molar-refractivity contribution is 0.0941. The maximum atomic E-state index is 11.8. The maximum absolute atomic E-state index is 11.8. The molecule has 3 rings (SSSR count). The third-order valence-electron chi connectivity index (χ3n) is 2.80.